The van der Waals surface area contributed by atoms with E-state index in [2.05, 4.69) is 211 Å². The third kappa shape index (κ3) is 4.82. The molecule has 0 N–H and O–H groups in total. The number of anilines is 3. The van der Waals surface area contributed by atoms with Crippen molar-refractivity contribution >= 4 is 17.1 Å². The van der Waals surface area contributed by atoms with Crippen LogP contribution in [0.3, 0.4) is 0 Å². The minimum atomic E-state index is -0.613. The predicted molar refractivity (Wildman–Crippen MR) is 236 cm³/mol. The van der Waals surface area contributed by atoms with E-state index in [1.54, 1.807) is 12.1 Å². The molecule has 1 nitrogen and oxygen atoms in total. The Balaban J connectivity index is 1.21. The summed E-state index contributed by atoms with van der Waals surface area (Å²) in [6.45, 7) is 0. The molecular formula is C56H39N. The normalized spacial score (nSPS) is 14.6. The number of nitrogens with zero attached hydrogens (tertiary/aromatic N) is 1. The van der Waals surface area contributed by atoms with E-state index >= 15 is 0 Å². The van der Waals surface area contributed by atoms with Gasteiger partial charge in [-0.2, -0.15) is 0 Å². The van der Waals surface area contributed by atoms with Crippen molar-refractivity contribution in [3.8, 4) is 22.3 Å². The van der Waals surface area contributed by atoms with Gasteiger partial charge in [-0.3, -0.25) is 0 Å². The first-order valence-electron chi connectivity index (χ1n) is 21.1. The maximum absolute atomic E-state index is 8.88. The molecule has 11 rings (SSSR count). The second-order valence-corrected chi connectivity index (χ2v) is 15.0. The quantitative estimate of drug-likeness (QED) is 0.158. The summed E-state index contributed by atoms with van der Waals surface area (Å²) in [5.74, 6) is 0. The summed E-state index contributed by atoms with van der Waals surface area (Å²) in [5, 5.41) is 0. The molecule has 0 aliphatic heterocycles. The van der Waals surface area contributed by atoms with Crippen molar-refractivity contribution in [3.05, 3.63) is 281 Å². The van der Waals surface area contributed by atoms with Gasteiger partial charge >= 0.3 is 0 Å². The zero-order valence-electron chi connectivity index (χ0n) is 34.2. The minimum absolute atomic E-state index is 0.00969. The molecule has 0 unspecified atom stereocenters. The molecule has 2 aliphatic rings. The second kappa shape index (κ2) is 13.2. The molecular weight excluding hydrogens is 687 g/mol. The first-order chi connectivity index (χ1) is 29.5. The summed E-state index contributed by atoms with van der Waals surface area (Å²) in [6.07, 6.45) is 0. The SMILES string of the molecule is [2H]c1cc(N(c2ccc3c(c2)C(c2ccccc2)(c2ccccc2)c2ccccc2-3)c2ccc3c(c2)C(c2ccccc2)(c2ccccc2)c2ccccc2-3)cc([2H])c1[2H]. The lowest BCUT2D eigenvalue weighted by Crippen LogP contribution is -2.29. The molecule has 0 radical (unpaired) electrons. The van der Waals surface area contributed by atoms with Crippen molar-refractivity contribution in [3.63, 3.8) is 0 Å². The molecule has 0 saturated carbocycles. The van der Waals surface area contributed by atoms with Gasteiger partial charge in [-0.05, 0) is 103 Å². The highest BCUT2D eigenvalue weighted by atomic mass is 15.1. The highest BCUT2D eigenvalue weighted by Gasteiger charge is 2.48. The molecule has 9 aromatic rings. The zero-order chi connectivity index (χ0) is 40.4. The zero-order valence-corrected chi connectivity index (χ0v) is 31.2. The summed E-state index contributed by atoms with van der Waals surface area (Å²) in [5.41, 5.74) is 15.5. The molecule has 57 heavy (non-hydrogen) atoms. The molecule has 0 atom stereocenters. The fraction of sp³-hybridized carbons (Fsp3) is 0.0357. The van der Waals surface area contributed by atoms with Gasteiger partial charge in [0.15, 0.2) is 0 Å². The Morgan fingerprint density at radius 3 is 1.00 bits per heavy atom. The van der Waals surface area contributed by atoms with E-state index < -0.39 is 10.8 Å². The van der Waals surface area contributed by atoms with Gasteiger partial charge < -0.3 is 4.90 Å². The van der Waals surface area contributed by atoms with Crippen molar-refractivity contribution in [1.82, 2.24) is 0 Å². The van der Waals surface area contributed by atoms with Crippen LogP contribution in [0.25, 0.3) is 22.3 Å². The Morgan fingerprint density at radius 2 is 0.614 bits per heavy atom. The molecule has 0 amide bonds. The molecule has 1 heteroatoms. The van der Waals surface area contributed by atoms with E-state index in [0.717, 1.165) is 22.5 Å². The van der Waals surface area contributed by atoms with Crippen LogP contribution in [0, 0.1) is 0 Å². The summed E-state index contributed by atoms with van der Waals surface area (Å²) in [4.78, 5) is 2.18. The van der Waals surface area contributed by atoms with Gasteiger partial charge in [0.25, 0.3) is 0 Å². The Morgan fingerprint density at radius 1 is 0.281 bits per heavy atom. The molecule has 0 saturated heterocycles. The number of rotatable bonds is 7. The van der Waals surface area contributed by atoms with Crippen LogP contribution in [0.2, 0.25) is 0 Å². The van der Waals surface area contributed by atoms with Crippen LogP contribution in [-0.2, 0) is 10.8 Å². The lowest BCUT2D eigenvalue weighted by molar-refractivity contribution is 0.767. The fourth-order valence-corrected chi connectivity index (χ4v) is 10.0. The van der Waals surface area contributed by atoms with Crippen LogP contribution >= 0.6 is 0 Å². The summed E-state index contributed by atoms with van der Waals surface area (Å²) < 4.78 is 26.3. The fourth-order valence-electron chi connectivity index (χ4n) is 10.0. The van der Waals surface area contributed by atoms with Gasteiger partial charge in [0.05, 0.1) is 14.9 Å². The van der Waals surface area contributed by atoms with Crippen molar-refractivity contribution in [2.75, 3.05) is 4.90 Å². The average molecular weight is 729 g/mol. The topological polar surface area (TPSA) is 3.24 Å². The van der Waals surface area contributed by atoms with Gasteiger partial charge in [-0.25, -0.2) is 0 Å². The molecule has 0 heterocycles. The summed E-state index contributed by atoms with van der Waals surface area (Å²) in [6, 6.07) is 77.6. The Labute approximate surface area is 339 Å². The maximum atomic E-state index is 8.88. The number of benzene rings is 9. The third-order valence-corrected chi connectivity index (χ3v) is 12.2. The largest absolute Gasteiger partial charge is 0.310 e. The molecule has 268 valence electrons. The highest BCUT2D eigenvalue weighted by molar-refractivity contribution is 5.92. The average Bonchev–Trinajstić information content (AvgIpc) is 3.77. The van der Waals surface area contributed by atoms with Gasteiger partial charge in [-0.15, -0.1) is 0 Å². The lowest BCUT2D eigenvalue weighted by atomic mass is 9.67. The first kappa shape index (κ1) is 30.1. The van der Waals surface area contributed by atoms with E-state index in [9.17, 15) is 0 Å². The first-order valence-corrected chi connectivity index (χ1v) is 19.6. The van der Waals surface area contributed by atoms with Gasteiger partial charge in [-0.1, -0.05) is 200 Å². The number of para-hydroxylation sites is 1. The minimum Gasteiger partial charge on any atom is -0.310 e. The van der Waals surface area contributed by atoms with Crippen LogP contribution < -0.4 is 4.90 Å². The van der Waals surface area contributed by atoms with Gasteiger partial charge in [0, 0.05) is 17.1 Å². The molecule has 9 aromatic carbocycles. The maximum Gasteiger partial charge on any atom is 0.0714 e. The van der Waals surface area contributed by atoms with E-state index in [0.29, 0.717) is 5.69 Å². The standard InChI is InChI=1S/C56H39N/c1-6-20-40(21-7-1)55(41-22-8-2-9-23-41)51-32-18-16-30-47(51)49-36-34-45(38-53(49)55)57(44-28-14-5-15-29-44)46-35-37-50-48-31-17-19-33-52(48)56(54(50)39-46,42-24-10-3-11-25-42)43-26-12-4-13-27-43/h1-39H/i5D,14D,15D. The van der Waals surface area contributed by atoms with Crippen LogP contribution in [0.15, 0.2) is 237 Å². The molecule has 2 aliphatic carbocycles. The van der Waals surface area contributed by atoms with Crippen molar-refractivity contribution < 1.29 is 4.11 Å². The van der Waals surface area contributed by atoms with E-state index in [1.165, 1.54) is 55.6 Å². The predicted octanol–water partition coefficient (Wildman–Crippen LogP) is 13.9. The summed E-state index contributed by atoms with van der Waals surface area (Å²) in [7, 11) is 0. The van der Waals surface area contributed by atoms with Gasteiger partial charge in [0.2, 0.25) is 0 Å². The van der Waals surface area contributed by atoms with Crippen LogP contribution in [0.5, 0.6) is 0 Å². The van der Waals surface area contributed by atoms with Crippen LogP contribution in [-0.4, -0.2) is 0 Å². The van der Waals surface area contributed by atoms with Crippen molar-refractivity contribution in [2.24, 2.45) is 0 Å². The van der Waals surface area contributed by atoms with Crippen molar-refractivity contribution in [2.45, 2.75) is 10.8 Å². The highest BCUT2D eigenvalue weighted by Crippen LogP contribution is 2.59. The number of fused-ring (bicyclic) bond motifs is 6. The third-order valence-electron chi connectivity index (χ3n) is 12.2. The van der Waals surface area contributed by atoms with Crippen LogP contribution in [0.1, 0.15) is 48.6 Å². The smallest absolute Gasteiger partial charge is 0.0714 e. The molecule has 0 fully saturated rings. The molecule has 0 spiro atoms. The van der Waals surface area contributed by atoms with E-state index in [1.807, 2.05) is 0 Å². The Hall–Kier alpha value is -7.22. The molecule has 0 bridgehead atoms. The Kier molecular flexibility index (Phi) is 6.97. The molecule has 0 aromatic heterocycles. The lowest BCUT2D eigenvalue weighted by Gasteiger charge is -2.36. The number of hydrogen-bond acceptors (Lipinski definition) is 1. The monoisotopic (exact) mass is 728 g/mol. The van der Waals surface area contributed by atoms with Gasteiger partial charge in [0.1, 0.15) is 0 Å². The van der Waals surface area contributed by atoms with E-state index in [-0.39, 0.29) is 18.1 Å². The second-order valence-electron chi connectivity index (χ2n) is 15.0. The Bertz CT molecular complexity index is 2790. The van der Waals surface area contributed by atoms with Crippen LogP contribution in [0.4, 0.5) is 17.1 Å². The summed E-state index contributed by atoms with van der Waals surface area (Å²) >= 11 is 0. The number of hydrogen-bond donors (Lipinski definition) is 0. The van der Waals surface area contributed by atoms with E-state index in [4.69, 9.17) is 4.11 Å². The van der Waals surface area contributed by atoms with Crippen molar-refractivity contribution in [1.29, 1.82) is 0 Å².